The van der Waals surface area contributed by atoms with Crippen molar-refractivity contribution in [1.29, 1.82) is 0 Å². The molecule has 21 heavy (non-hydrogen) atoms. The second-order valence-electron chi connectivity index (χ2n) is 4.38. The van der Waals surface area contributed by atoms with Gasteiger partial charge < -0.3 is 20.5 Å². The van der Waals surface area contributed by atoms with Crippen LogP contribution in [0, 0.1) is 0 Å². The first-order valence-corrected chi connectivity index (χ1v) is 7.32. The van der Waals surface area contributed by atoms with Gasteiger partial charge in [-0.05, 0) is 17.7 Å². The molecule has 0 saturated carbocycles. The summed E-state index contributed by atoms with van der Waals surface area (Å²) in [5.74, 6) is -0.984. The predicted molar refractivity (Wildman–Crippen MR) is 82.3 cm³/mol. The van der Waals surface area contributed by atoms with E-state index in [1.165, 1.54) is 0 Å². The van der Waals surface area contributed by atoms with Crippen molar-refractivity contribution in [1.82, 2.24) is 10.6 Å². The minimum atomic E-state index is -0.956. The Kier molecular flexibility index (Phi) is 7.96. The summed E-state index contributed by atoms with van der Waals surface area (Å²) in [6.07, 6.45) is 0.383. The summed E-state index contributed by atoms with van der Waals surface area (Å²) in [6, 6.07) is 4.87. The van der Waals surface area contributed by atoms with E-state index in [0.29, 0.717) is 32.7 Å². The van der Waals surface area contributed by atoms with Crippen LogP contribution in [-0.2, 0) is 16.1 Å². The molecule has 0 fully saturated rings. The van der Waals surface area contributed by atoms with Crippen LogP contribution < -0.4 is 10.6 Å². The molecule has 1 aromatic carbocycles. The lowest BCUT2D eigenvalue weighted by Crippen LogP contribution is -2.30. The number of amides is 1. The van der Waals surface area contributed by atoms with E-state index >= 15 is 0 Å². The molecule has 0 aliphatic heterocycles. The van der Waals surface area contributed by atoms with Gasteiger partial charge in [0.2, 0.25) is 5.91 Å². The first kappa shape index (κ1) is 17.6. The fourth-order valence-corrected chi connectivity index (χ4v) is 2.15. The number of rotatable bonds is 9. The van der Waals surface area contributed by atoms with Crippen LogP contribution in [0.2, 0.25) is 0 Å². The summed E-state index contributed by atoms with van der Waals surface area (Å²) in [5.41, 5.74) is 1.18. The maximum Gasteiger partial charge on any atom is 0.335 e. The Bertz CT molecular complexity index is 494. The molecule has 0 bridgehead atoms. The Hall–Kier alpha value is -1.44. The van der Waals surface area contributed by atoms with Crippen LogP contribution in [0.15, 0.2) is 22.7 Å². The van der Waals surface area contributed by atoms with Crippen molar-refractivity contribution in [3.05, 3.63) is 33.8 Å². The molecule has 1 aromatic rings. The molecule has 0 heterocycles. The molecule has 0 unspecified atom stereocenters. The molecule has 0 spiro atoms. The lowest BCUT2D eigenvalue weighted by molar-refractivity contribution is -0.121. The molecule has 6 nitrogen and oxygen atoms in total. The van der Waals surface area contributed by atoms with Gasteiger partial charge in [-0.3, -0.25) is 4.79 Å². The molecular formula is C14H19BrN2O4. The molecule has 7 heteroatoms. The number of carboxylic acid groups (broad SMARTS) is 1. The van der Waals surface area contributed by atoms with Crippen LogP contribution in [0.5, 0.6) is 0 Å². The molecule has 0 aromatic heterocycles. The van der Waals surface area contributed by atoms with Crippen LogP contribution in [0.3, 0.4) is 0 Å². The zero-order valence-corrected chi connectivity index (χ0v) is 13.4. The average molecular weight is 359 g/mol. The minimum Gasteiger partial charge on any atom is -0.478 e. The van der Waals surface area contributed by atoms with Crippen LogP contribution in [0.25, 0.3) is 0 Å². The van der Waals surface area contributed by atoms with Crippen LogP contribution >= 0.6 is 15.9 Å². The number of aromatic carboxylic acids is 1. The van der Waals surface area contributed by atoms with Crippen molar-refractivity contribution in [2.75, 3.05) is 26.8 Å². The number of hydrogen-bond acceptors (Lipinski definition) is 4. The van der Waals surface area contributed by atoms with Crippen LogP contribution in [0.4, 0.5) is 0 Å². The maximum atomic E-state index is 11.4. The Balaban J connectivity index is 2.30. The quantitative estimate of drug-likeness (QED) is 0.580. The third kappa shape index (κ3) is 6.70. The minimum absolute atomic E-state index is 0.0279. The number of carboxylic acids is 1. The van der Waals surface area contributed by atoms with Crippen molar-refractivity contribution in [3.8, 4) is 0 Å². The molecule has 0 aliphatic carbocycles. The zero-order chi connectivity index (χ0) is 15.7. The lowest BCUT2D eigenvalue weighted by Gasteiger charge is -2.08. The van der Waals surface area contributed by atoms with Crippen molar-refractivity contribution in [2.45, 2.75) is 13.0 Å². The number of hydrogen-bond donors (Lipinski definition) is 3. The van der Waals surface area contributed by atoms with Gasteiger partial charge in [-0.1, -0.05) is 22.0 Å². The summed E-state index contributed by atoms with van der Waals surface area (Å²) in [7, 11) is 1.58. The standard InChI is InChI=1S/C14H19BrN2O4/c1-21-7-6-17-13(18)4-5-16-9-11-3-2-10(14(19)20)8-12(11)15/h2-3,8,16H,4-7,9H2,1H3,(H,17,18)(H,19,20). The molecule has 0 radical (unpaired) electrons. The van der Waals surface area contributed by atoms with E-state index in [9.17, 15) is 9.59 Å². The third-order valence-corrected chi connectivity index (χ3v) is 3.51. The monoisotopic (exact) mass is 358 g/mol. The molecule has 116 valence electrons. The highest BCUT2D eigenvalue weighted by Gasteiger charge is 2.06. The summed E-state index contributed by atoms with van der Waals surface area (Å²) in [5, 5.41) is 14.8. The smallest absolute Gasteiger partial charge is 0.335 e. The van der Waals surface area contributed by atoms with Crippen molar-refractivity contribution in [3.63, 3.8) is 0 Å². The van der Waals surface area contributed by atoms with Gasteiger partial charge in [0.1, 0.15) is 0 Å². The Labute approximate surface area is 132 Å². The highest BCUT2D eigenvalue weighted by Crippen LogP contribution is 2.18. The number of ether oxygens (including phenoxy) is 1. The van der Waals surface area contributed by atoms with E-state index in [4.69, 9.17) is 9.84 Å². The van der Waals surface area contributed by atoms with Crippen LogP contribution in [0.1, 0.15) is 22.3 Å². The molecule has 0 aliphatic rings. The highest BCUT2D eigenvalue weighted by atomic mass is 79.9. The topological polar surface area (TPSA) is 87.7 Å². The molecule has 1 amide bonds. The first-order valence-electron chi connectivity index (χ1n) is 6.52. The predicted octanol–water partition coefficient (Wildman–Crippen LogP) is 1.39. The van der Waals surface area contributed by atoms with Crippen molar-refractivity contribution < 1.29 is 19.4 Å². The second-order valence-corrected chi connectivity index (χ2v) is 5.24. The molecule has 3 N–H and O–H groups in total. The largest absolute Gasteiger partial charge is 0.478 e. The average Bonchev–Trinajstić information content (AvgIpc) is 2.45. The summed E-state index contributed by atoms with van der Waals surface area (Å²) < 4.78 is 5.57. The van der Waals surface area contributed by atoms with Gasteiger partial charge in [0.15, 0.2) is 0 Å². The maximum absolute atomic E-state index is 11.4. The number of carbonyl (C=O) groups excluding carboxylic acids is 1. The number of nitrogens with one attached hydrogen (secondary N) is 2. The first-order chi connectivity index (χ1) is 10.0. The number of methoxy groups -OCH3 is 1. The molecular weight excluding hydrogens is 340 g/mol. The third-order valence-electron chi connectivity index (χ3n) is 2.77. The summed E-state index contributed by atoms with van der Waals surface area (Å²) in [6.45, 7) is 2.12. The number of benzene rings is 1. The van der Waals surface area contributed by atoms with E-state index in [1.807, 2.05) is 0 Å². The Morgan fingerprint density at radius 3 is 2.71 bits per heavy atom. The van der Waals surface area contributed by atoms with E-state index in [1.54, 1.807) is 25.3 Å². The molecule has 1 rings (SSSR count). The van der Waals surface area contributed by atoms with E-state index in [-0.39, 0.29) is 11.5 Å². The van der Waals surface area contributed by atoms with E-state index < -0.39 is 5.97 Å². The van der Waals surface area contributed by atoms with E-state index in [0.717, 1.165) is 10.0 Å². The fourth-order valence-electron chi connectivity index (χ4n) is 1.63. The number of halogens is 1. The van der Waals surface area contributed by atoms with Crippen LogP contribution in [-0.4, -0.2) is 43.8 Å². The lowest BCUT2D eigenvalue weighted by atomic mass is 10.1. The van der Waals surface area contributed by atoms with Gasteiger partial charge in [-0.15, -0.1) is 0 Å². The zero-order valence-electron chi connectivity index (χ0n) is 11.8. The fraction of sp³-hybridized carbons (Fsp3) is 0.429. The molecule has 0 atom stereocenters. The summed E-state index contributed by atoms with van der Waals surface area (Å²) >= 11 is 3.34. The Morgan fingerprint density at radius 2 is 2.10 bits per heavy atom. The van der Waals surface area contributed by atoms with Gasteiger partial charge in [-0.2, -0.15) is 0 Å². The van der Waals surface area contributed by atoms with Gasteiger partial charge in [0.25, 0.3) is 0 Å². The molecule has 0 saturated heterocycles. The van der Waals surface area contributed by atoms with Gasteiger partial charge in [0, 0.05) is 37.6 Å². The highest BCUT2D eigenvalue weighted by molar-refractivity contribution is 9.10. The van der Waals surface area contributed by atoms with Gasteiger partial charge in [-0.25, -0.2) is 4.79 Å². The summed E-state index contributed by atoms with van der Waals surface area (Å²) in [4.78, 5) is 22.3. The van der Waals surface area contributed by atoms with Gasteiger partial charge >= 0.3 is 5.97 Å². The number of carbonyl (C=O) groups is 2. The normalized spacial score (nSPS) is 10.4. The van der Waals surface area contributed by atoms with E-state index in [2.05, 4.69) is 26.6 Å². The second kappa shape index (κ2) is 9.49. The van der Waals surface area contributed by atoms with Crippen molar-refractivity contribution >= 4 is 27.8 Å². The van der Waals surface area contributed by atoms with Gasteiger partial charge in [0.05, 0.1) is 12.2 Å². The SMILES string of the molecule is COCCNC(=O)CCNCc1ccc(C(=O)O)cc1Br. The van der Waals surface area contributed by atoms with Crippen molar-refractivity contribution in [2.24, 2.45) is 0 Å². The Morgan fingerprint density at radius 1 is 1.33 bits per heavy atom.